The van der Waals surface area contributed by atoms with Gasteiger partial charge < -0.3 is 14.6 Å². The smallest absolute Gasteiger partial charge is 0.174 e. The van der Waals surface area contributed by atoms with E-state index in [1.54, 1.807) is 14.0 Å². The molecule has 0 amide bonds. The predicted molar refractivity (Wildman–Crippen MR) is 74.2 cm³/mol. The maximum atomic E-state index is 9.68. The van der Waals surface area contributed by atoms with Gasteiger partial charge in [0.05, 0.1) is 23.8 Å². The molecule has 3 nitrogen and oxygen atoms in total. The van der Waals surface area contributed by atoms with Gasteiger partial charge in [-0.05, 0) is 66.2 Å². The number of benzene rings is 1. The van der Waals surface area contributed by atoms with Crippen molar-refractivity contribution in [1.29, 1.82) is 0 Å². The first-order valence-corrected chi connectivity index (χ1v) is 7.13. The number of aliphatic hydroxyl groups is 1. The van der Waals surface area contributed by atoms with Gasteiger partial charge in [-0.25, -0.2) is 0 Å². The minimum Gasteiger partial charge on any atom is -0.492 e. The number of ether oxygens (including phenoxy) is 2. The zero-order chi connectivity index (χ0) is 13.1. The van der Waals surface area contributed by atoms with E-state index in [0.29, 0.717) is 5.75 Å². The monoisotopic (exact) mass is 314 g/mol. The Morgan fingerprint density at radius 3 is 2.56 bits per heavy atom. The number of halogens is 1. The van der Waals surface area contributed by atoms with Crippen molar-refractivity contribution in [3.8, 4) is 11.5 Å². The van der Waals surface area contributed by atoms with Crippen LogP contribution in [0.5, 0.6) is 11.5 Å². The molecule has 4 heteroatoms. The van der Waals surface area contributed by atoms with Crippen molar-refractivity contribution in [3.05, 3.63) is 22.2 Å². The van der Waals surface area contributed by atoms with Crippen LogP contribution in [0.15, 0.2) is 16.6 Å². The highest BCUT2D eigenvalue weighted by Crippen LogP contribution is 2.39. The lowest BCUT2D eigenvalue weighted by molar-refractivity contribution is 0.189. The molecule has 1 unspecified atom stereocenters. The lowest BCUT2D eigenvalue weighted by atomic mass is 10.1. The average Bonchev–Trinajstić information content (AvgIpc) is 2.81. The summed E-state index contributed by atoms with van der Waals surface area (Å²) in [7, 11) is 1.63. The van der Waals surface area contributed by atoms with Crippen molar-refractivity contribution >= 4 is 15.9 Å². The Hall–Kier alpha value is -0.740. The highest BCUT2D eigenvalue weighted by atomic mass is 79.9. The van der Waals surface area contributed by atoms with E-state index in [1.165, 1.54) is 12.8 Å². The second-order valence-electron chi connectivity index (χ2n) is 4.73. The number of hydrogen-bond acceptors (Lipinski definition) is 3. The standard InChI is InChI=1S/C14H19BrO3/c1-9(16)10-7-12(15)14(17-2)13(8-10)18-11-5-3-4-6-11/h7-9,11,16H,3-6H2,1-2H3. The summed E-state index contributed by atoms with van der Waals surface area (Å²) in [5.74, 6) is 1.42. The Morgan fingerprint density at radius 2 is 2.00 bits per heavy atom. The minimum absolute atomic E-state index is 0.273. The first kappa shape index (κ1) is 13.7. The van der Waals surface area contributed by atoms with E-state index in [0.717, 1.165) is 28.6 Å². The van der Waals surface area contributed by atoms with Gasteiger partial charge in [-0.1, -0.05) is 0 Å². The van der Waals surface area contributed by atoms with Crippen LogP contribution in [0.25, 0.3) is 0 Å². The third-order valence-electron chi connectivity index (χ3n) is 3.31. The molecule has 1 aromatic rings. The normalized spacial score (nSPS) is 17.8. The van der Waals surface area contributed by atoms with Gasteiger partial charge in [-0.2, -0.15) is 0 Å². The summed E-state index contributed by atoms with van der Waals surface area (Å²) >= 11 is 3.46. The maximum absolute atomic E-state index is 9.68. The zero-order valence-corrected chi connectivity index (χ0v) is 12.4. The minimum atomic E-state index is -0.516. The first-order valence-electron chi connectivity index (χ1n) is 6.34. The summed E-state index contributed by atoms with van der Waals surface area (Å²) in [5, 5.41) is 9.68. The summed E-state index contributed by atoms with van der Waals surface area (Å²) < 4.78 is 12.2. The van der Waals surface area contributed by atoms with Crippen LogP contribution in [0.2, 0.25) is 0 Å². The highest BCUT2D eigenvalue weighted by molar-refractivity contribution is 9.10. The molecule has 0 heterocycles. The quantitative estimate of drug-likeness (QED) is 0.918. The van der Waals surface area contributed by atoms with Crippen LogP contribution in [0.3, 0.4) is 0 Å². The molecule has 1 aromatic carbocycles. The molecule has 0 aliphatic heterocycles. The molecule has 1 saturated carbocycles. The van der Waals surface area contributed by atoms with E-state index in [9.17, 15) is 5.11 Å². The van der Waals surface area contributed by atoms with Crippen molar-refractivity contribution in [1.82, 2.24) is 0 Å². The number of aliphatic hydroxyl groups excluding tert-OH is 1. The fourth-order valence-corrected chi connectivity index (χ4v) is 2.92. The van der Waals surface area contributed by atoms with Crippen LogP contribution < -0.4 is 9.47 Å². The Labute approximate surface area is 116 Å². The molecule has 1 N–H and O–H groups in total. The molecule has 0 saturated heterocycles. The van der Waals surface area contributed by atoms with Crippen LogP contribution in [-0.2, 0) is 0 Å². The summed E-state index contributed by atoms with van der Waals surface area (Å²) in [4.78, 5) is 0. The van der Waals surface area contributed by atoms with Gasteiger partial charge in [0.1, 0.15) is 0 Å². The summed E-state index contributed by atoms with van der Waals surface area (Å²) in [6, 6.07) is 3.73. The molecule has 1 aliphatic carbocycles. The number of rotatable bonds is 4. The maximum Gasteiger partial charge on any atom is 0.174 e. The second-order valence-corrected chi connectivity index (χ2v) is 5.59. The third-order valence-corrected chi connectivity index (χ3v) is 3.90. The Kier molecular flexibility index (Phi) is 4.51. The van der Waals surface area contributed by atoms with Gasteiger partial charge in [0, 0.05) is 0 Å². The Bertz CT molecular complexity index is 412. The zero-order valence-electron chi connectivity index (χ0n) is 10.8. The molecule has 2 rings (SSSR count). The largest absolute Gasteiger partial charge is 0.492 e. The third kappa shape index (κ3) is 2.98. The van der Waals surface area contributed by atoms with Gasteiger partial charge in [0.25, 0.3) is 0 Å². The highest BCUT2D eigenvalue weighted by Gasteiger charge is 2.20. The average molecular weight is 315 g/mol. The molecular weight excluding hydrogens is 296 g/mol. The van der Waals surface area contributed by atoms with Crippen LogP contribution in [-0.4, -0.2) is 18.3 Å². The van der Waals surface area contributed by atoms with E-state index in [1.807, 2.05) is 12.1 Å². The summed E-state index contributed by atoms with van der Waals surface area (Å²) in [6.45, 7) is 1.74. The second kappa shape index (κ2) is 5.93. The lowest BCUT2D eigenvalue weighted by Crippen LogP contribution is -2.12. The summed E-state index contributed by atoms with van der Waals surface area (Å²) in [6.07, 6.45) is 4.40. The fraction of sp³-hybridized carbons (Fsp3) is 0.571. The molecule has 1 atom stereocenters. The van der Waals surface area contributed by atoms with Crippen LogP contribution in [0.4, 0.5) is 0 Å². The van der Waals surface area contributed by atoms with E-state index in [2.05, 4.69) is 15.9 Å². The number of hydrogen-bond donors (Lipinski definition) is 1. The molecule has 0 bridgehead atoms. The van der Waals surface area contributed by atoms with Crippen LogP contribution in [0, 0.1) is 0 Å². The molecule has 1 fully saturated rings. The van der Waals surface area contributed by atoms with Gasteiger partial charge >= 0.3 is 0 Å². The molecule has 0 aromatic heterocycles. The fourth-order valence-electron chi connectivity index (χ4n) is 2.30. The van der Waals surface area contributed by atoms with E-state index in [4.69, 9.17) is 9.47 Å². The van der Waals surface area contributed by atoms with Crippen LogP contribution >= 0.6 is 15.9 Å². The van der Waals surface area contributed by atoms with Gasteiger partial charge in [0.15, 0.2) is 11.5 Å². The van der Waals surface area contributed by atoms with Gasteiger partial charge in [0.2, 0.25) is 0 Å². The number of methoxy groups -OCH3 is 1. The topological polar surface area (TPSA) is 38.7 Å². The molecule has 1 aliphatic rings. The van der Waals surface area contributed by atoms with Crippen molar-refractivity contribution in [3.63, 3.8) is 0 Å². The van der Waals surface area contributed by atoms with Crippen molar-refractivity contribution in [2.24, 2.45) is 0 Å². The van der Waals surface area contributed by atoms with Crippen LogP contribution in [0.1, 0.15) is 44.3 Å². The molecule has 18 heavy (non-hydrogen) atoms. The van der Waals surface area contributed by atoms with Crippen molar-refractivity contribution in [2.75, 3.05) is 7.11 Å². The van der Waals surface area contributed by atoms with Gasteiger partial charge in [-0.15, -0.1) is 0 Å². The van der Waals surface area contributed by atoms with Gasteiger partial charge in [-0.3, -0.25) is 0 Å². The molecule has 0 spiro atoms. The van der Waals surface area contributed by atoms with Crippen molar-refractivity contribution < 1.29 is 14.6 Å². The molecular formula is C14H19BrO3. The van der Waals surface area contributed by atoms with E-state index < -0.39 is 6.10 Å². The predicted octanol–water partition coefficient (Wildman–Crippen LogP) is 3.83. The Balaban J connectivity index is 2.29. The summed E-state index contributed by atoms with van der Waals surface area (Å²) in [5.41, 5.74) is 0.829. The first-order chi connectivity index (χ1) is 8.61. The Morgan fingerprint density at radius 1 is 1.33 bits per heavy atom. The lowest BCUT2D eigenvalue weighted by Gasteiger charge is -2.18. The van der Waals surface area contributed by atoms with E-state index >= 15 is 0 Å². The molecule has 0 radical (unpaired) electrons. The van der Waals surface area contributed by atoms with E-state index in [-0.39, 0.29) is 6.10 Å². The molecule has 100 valence electrons. The SMILES string of the molecule is COc1c(Br)cc(C(C)O)cc1OC1CCCC1. The van der Waals surface area contributed by atoms with Crippen molar-refractivity contribution in [2.45, 2.75) is 44.8 Å².